The first-order valence-electron chi connectivity index (χ1n) is 12.6. The highest BCUT2D eigenvalue weighted by Gasteiger charge is 2.31. The van der Waals surface area contributed by atoms with Gasteiger partial charge in [0.05, 0.1) is 21.8 Å². The average Bonchev–Trinajstić information content (AvgIpc) is 3.50. The molecule has 2 fully saturated rings. The van der Waals surface area contributed by atoms with Gasteiger partial charge in [-0.05, 0) is 51.0 Å². The molecule has 2 aromatic heterocycles. The van der Waals surface area contributed by atoms with Crippen LogP contribution < -0.4 is 5.32 Å². The second-order valence-corrected chi connectivity index (χ2v) is 10.6. The lowest BCUT2D eigenvalue weighted by atomic mass is 9.96. The fourth-order valence-corrected chi connectivity index (χ4v) is 6.21. The van der Waals surface area contributed by atoms with Crippen LogP contribution in [0.4, 0.5) is 0 Å². The molecule has 0 spiro atoms. The van der Waals surface area contributed by atoms with E-state index in [9.17, 15) is 4.79 Å². The predicted octanol–water partition coefficient (Wildman–Crippen LogP) is 5.37. The molecule has 9 heteroatoms. The van der Waals surface area contributed by atoms with Crippen LogP contribution in [0.3, 0.4) is 0 Å². The maximum atomic E-state index is 12.9. The van der Waals surface area contributed by atoms with Crippen LogP contribution in [-0.2, 0) is 27.2 Å². The summed E-state index contributed by atoms with van der Waals surface area (Å²) < 4.78 is 15.6. The highest BCUT2D eigenvalue weighted by Crippen LogP contribution is 2.43. The molecule has 186 valence electrons. The second kappa shape index (κ2) is 9.77. The quantitative estimate of drug-likeness (QED) is 0.506. The van der Waals surface area contributed by atoms with Crippen LogP contribution in [0.25, 0.3) is 22.0 Å². The number of ether oxygens (including phenoxy) is 2. The van der Waals surface area contributed by atoms with Crippen molar-refractivity contribution in [2.75, 3.05) is 19.8 Å². The minimum atomic E-state index is -0.00924. The maximum Gasteiger partial charge on any atom is 0.223 e. The molecule has 5 heterocycles. The smallest absolute Gasteiger partial charge is 0.223 e. The fourth-order valence-electron chi connectivity index (χ4n) is 5.79. The molecule has 1 amide bonds. The van der Waals surface area contributed by atoms with Crippen molar-refractivity contribution in [3.63, 3.8) is 0 Å². The van der Waals surface area contributed by atoms with E-state index < -0.39 is 0 Å². The van der Waals surface area contributed by atoms with Gasteiger partial charge in [-0.2, -0.15) is 5.10 Å². The van der Waals surface area contributed by atoms with Gasteiger partial charge in [-0.15, -0.1) is 0 Å². The van der Waals surface area contributed by atoms with Crippen molar-refractivity contribution in [2.24, 2.45) is 5.92 Å². The van der Waals surface area contributed by atoms with Gasteiger partial charge in [0.2, 0.25) is 5.91 Å². The lowest BCUT2D eigenvalue weighted by molar-refractivity contribution is -0.128. The number of aromatic nitrogens is 3. The number of carbonyl (C=O) groups excluding carboxylic acids is 1. The van der Waals surface area contributed by atoms with Gasteiger partial charge >= 0.3 is 0 Å². The lowest BCUT2D eigenvalue weighted by Gasteiger charge is -2.29. The van der Waals surface area contributed by atoms with Crippen LogP contribution in [0.5, 0.6) is 0 Å². The zero-order valence-electron chi connectivity index (χ0n) is 19.6. The molecule has 7 nitrogen and oxygen atoms in total. The van der Waals surface area contributed by atoms with E-state index >= 15 is 0 Å². The minimum absolute atomic E-state index is 0.00924. The molecular weight excluding hydrogens is 487 g/mol. The van der Waals surface area contributed by atoms with Crippen LogP contribution in [0, 0.1) is 5.92 Å². The fraction of sp³-hybridized carbons (Fsp3) is 0.538. The van der Waals surface area contributed by atoms with Gasteiger partial charge in [0.1, 0.15) is 6.23 Å². The Morgan fingerprint density at radius 3 is 2.74 bits per heavy atom. The van der Waals surface area contributed by atoms with Crippen molar-refractivity contribution in [1.82, 2.24) is 19.7 Å². The average molecular weight is 517 g/mol. The van der Waals surface area contributed by atoms with Crippen molar-refractivity contribution in [3.05, 3.63) is 40.3 Å². The number of nitrogens with one attached hydrogen (secondary N) is 1. The molecule has 35 heavy (non-hydrogen) atoms. The molecule has 3 aliphatic heterocycles. The number of amides is 1. The van der Waals surface area contributed by atoms with E-state index in [1.54, 1.807) is 0 Å². The third-order valence-corrected chi connectivity index (χ3v) is 8.43. The predicted molar refractivity (Wildman–Crippen MR) is 136 cm³/mol. The van der Waals surface area contributed by atoms with E-state index in [-0.39, 0.29) is 24.1 Å². The molecule has 0 aliphatic carbocycles. The Kier molecular flexibility index (Phi) is 6.52. The number of hydrogen-bond acceptors (Lipinski definition) is 4. The number of carbonyl (C=O) groups is 1. The molecule has 3 aliphatic rings. The van der Waals surface area contributed by atoms with Gasteiger partial charge in [-0.25, -0.2) is 4.68 Å². The summed E-state index contributed by atoms with van der Waals surface area (Å²) in [4.78, 5) is 12.9. The summed E-state index contributed by atoms with van der Waals surface area (Å²) in [5.41, 5.74) is 4.34. The summed E-state index contributed by atoms with van der Waals surface area (Å²) >= 11 is 13.2. The van der Waals surface area contributed by atoms with Crippen LogP contribution in [-0.4, -0.2) is 46.1 Å². The van der Waals surface area contributed by atoms with Crippen LogP contribution in [0.15, 0.2) is 24.5 Å². The summed E-state index contributed by atoms with van der Waals surface area (Å²) in [5, 5.41) is 10.1. The number of fused-ring (bicyclic) bond motifs is 3. The Hall–Kier alpha value is -2.06. The van der Waals surface area contributed by atoms with Crippen molar-refractivity contribution in [1.29, 1.82) is 0 Å². The molecule has 0 radical (unpaired) electrons. The van der Waals surface area contributed by atoms with Crippen LogP contribution in [0.1, 0.15) is 50.4 Å². The number of halogens is 2. The van der Waals surface area contributed by atoms with Crippen LogP contribution in [0.2, 0.25) is 10.0 Å². The lowest BCUT2D eigenvalue weighted by Crippen LogP contribution is -2.44. The van der Waals surface area contributed by atoms with E-state index in [0.717, 1.165) is 73.6 Å². The van der Waals surface area contributed by atoms with Crippen molar-refractivity contribution in [3.8, 4) is 11.1 Å². The number of hydrogen-bond donors (Lipinski definition) is 1. The standard InChI is InChI=1S/C26H30Cl2N4O3/c27-20-6-5-19-23(17-13-29-32(14-17)22-3-1-2-10-35-22)21-7-4-18(15-31(21)25(19)24(20)28)30-26(33)16-8-11-34-12-9-16/h5-6,13-14,16,18,22H,1-4,7-12,15H2,(H,30,33). The first kappa shape index (κ1) is 23.3. The van der Waals surface area contributed by atoms with E-state index in [1.165, 1.54) is 5.69 Å². The Morgan fingerprint density at radius 2 is 1.94 bits per heavy atom. The highest BCUT2D eigenvalue weighted by atomic mass is 35.5. The van der Waals surface area contributed by atoms with Gasteiger partial charge in [0.15, 0.2) is 0 Å². The Labute approximate surface area is 214 Å². The summed E-state index contributed by atoms with van der Waals surface area (Å²) in [5.74, 6) is 0.171. The SMILES string of the molecule is O=C(NC1CCc2c(-c3cnn(C4CCCCO4)c3)c3ccc(Cl)c(Cl)c3n2C1)C1CCOCC1. The van der Waals surface area contributed by atoms with Gasteiger partial charge < -0.3 is 19.4 Å². The number of rotatable bonds is 4. The summed E-state index contributed by atoms with van der Waals surface area (Å²) in [7, 11) is 0. The molecular formula is C26H30Cl2N4O3. The van der Waals surface area contributed by atoms with Crippen molar-refractivity contribution >= 4 is 40.0 Å². The zero-order valence-corrected chi connectivity index (χ0v) is 21.2. The van der Waals surface area contributed by atoms with Crippen molar-refractivity contribution in [2.45, 2.75) is 63.8 Å². The molecule has 2 saturated heterocycles. The molecule has 6 rings (SSSR count). The monoisotopic (exact) mass is 516 g/mol. The van der Waals surface area contributed by atoms with E-state index in [4.69, 9.17) is 32.7 Å². The third kappa shape index (κ3) is 4.37. The number of benzene rings is 1. The first-order valence-corrected chi connectivity index (χ1v) is 13.4. The van der Waals surface area contributed by atoms with Gasteiger partial charge in [-0.3, -0.25) is 4.79 Å². The topological polar surface area (TPSA) is 70.3 Å². The van der Waals surface area contributed by atoms with Gasteiger partial charge in [0.25, 0.3) is 0 Å². The Morgan fingerprint density at radius 1 is 1.09 bits per heavy atom. The molecule has 1 aromatic carbocycles. The normalized spacial score (nSPS) is 23.4. The largest absolute Gasteiger partial charge is 0.381 e. The zero-order chi connectivity index (χ0) is 23.9. The van der Waals surface area contributed by atoms with Crippen molar-refractivity contribution < 1.29 is 14.3 Å². The minimum Gasteiger partial charge on any atom is -0.381 e. The molecule has 0 saturated carbocycles. The summed E-state index contributed by atoms with van der Waals surface area (Å²) in [6.07, 6.45) is 10.5. The molecule has 3 aromatic rings. The molecule has 1 N–H and O–H groups in total. The van der Waals surface area contributed by atoms with E-state index in [1.807, 2.05) is 23.0 Å². The van der Waals surface area contributed by atoms with Crippen LogP contribution >= 0.6 is 23.2 Å². The first-order chi connectivity index (χ1) is 17.1. The second-order valence-electron chi connectivity index (χ2n) is 9.85. The van der Waals surface area contributed by atoms with E-state index in [0.29, 0.717) is 29.8 Å². The highest BCUT2D eigenvalue weighted by molar-refractivity contribution is 6.45. The molecule has 2 unspecified atom stereocenters. The Balaban J connectivity index is 1.34. The van der Waals surface area contributed by atoms with Gasteiger partial charge in [-0.1, -0.05) is 29.3 Å². The Bertz CT molecular complexity index is 1240. The molecule has 0 bridgehead atoms. The number of nitrogens with zero attached hydrogens (tertiary/aromatic N) is 3. The maximum absolute atomic E-state index is 12.9. The molecule has 2 atom stereocenters. The summed E-state index contributed by atoms with van der Waals surface area (Å²) in [6.45, 7) is 2.76. The van der Waals surface area contributed by atoms with Gasteiger partial charge in [0, 0.05) is 66.7 Å². The summed E-state index contributed by atoms with van der Waals surface area (Å²) in [6, 6.07) is 3.96. The third-order valence-electron chi connectivity index (χ3n) is 7.63. The van der Waals surface area contributed by atoms with E-state index in [2.05, 4.69) is 21.2 Å².